The zero-order valence-electron chi connectivity index (χ0n) is 14.7. The Kier molecular flexibility index (Phi) is 4.16. The predicted molar refractivity (Wildman–Crippen MR) is 97.0 cm³/mol. The van der Waals surface area contributed by atoms with Crippen LogP contribution in [0.4, 0.5) is 5.69 Å². The van der Waals surface area contributed by atoms with E-state index in [1.807, 2.05) is 31.3 Å². The van der Waals surface area contributed by atoms with Gasteiger partial charge in [0, 0.05) is 23.9 Å². The Hall–Kier alpha value is -1.88. The van der Waals surface area contributed by atoms with Crippen LogP contribution in [0.5, 0.6) is 0 Å². The minimum Gasteiger partial charge on any atom is -0.266 e. The second-order valence-electron chi connectivity index (χ2n) is 7.44. The lowest BCUT2D eigenvalue weighted by Gasteiger charge is -2.32. The molecule has 24 heavy (non-hydrogen) atoms. The van der Waals surface area contributed by atoms with Gasteiger partial charge in [-0.3, -0.25) is 9.29 Å². The number of sulfonamides is 1. The molecule has 0 saturated heterocycles. The molecule has 5 heteroatoms. The van der Waals surface area contributed by atoms with Gasteiger partial charge in [0.1, 0.15) is 0 Å². The lowest BCUT2D eigenvalue weighted by molar-refractivity contribution is 0.565. The van der Waals surface area contributed by atoms with Gasteiger partial charge in [0.2, 0.25) is 0 Å². The van der Waals surface area contributed by atoms with E-state index in [2.05, 4.69) is 25.8 Å². The number of hydrogen-bond acceptors (Lipinski definition) is 3. The first-order valence-electron chi connectivity index (χ1n) is 8.28. The molecule has 0 bridgehead atoms. The van der Waals surface area contributed by atoms with Gasteiger partial charge in [-0.1, -0.05) is 38.5 Å². The molecule has 128 valence electrons. The molecular weight excluding hydrogens is 320 g/mol. The zero-order chi connectivity index (χ0) is 17.5. The van der Waals surface area contributed by atoms with Gasteiger partial charge in [-0.2, -0.15) is 0 Å². The van der Waals surface area contributed by atoms with Crippen molar-refractivity contribution in [2.45, 2.75) is 50.8 Å². The number of nitrogens with zero attached hydrogens (tertiary/aromatic N) is 2. The van der Waals surface area contributed by atoms with Gasteiger partial charge in [0.25, 0.3) is 10.0 Å². The molecule has 0 amide bonds. The van der Waals surface area contributed by atoms with E-state index in [0.29, 0.717) is 11.4 Å². The lowest BCUT2D eigenvalue weighted by Crippen LogP contribution is -2.36. The Morgan fingerprint density at radius 1 is 1.12 bits per heavy atom. The van der Waals surface area contributed by atoms with Crippen molar-refractivity contribution in [2.24, 2.45) is 0 Å². The maximum Gasteiger partial charge on any atom is 0.264 e. The maximum atomic E-state index is 13.1. The van der Waals surface area contributed by atoms with E-state index in [1.165, 1.54) is 0 Å². The summed E-state index contributed by atoms with van der Waals surface area (Å²) in [6.07, 6.45) is 3.52. The Balaban J connectivity index is 2.10. The second kappa shape index (κ2) is 5.88. The molecule has 0 saturated carbocycles. The number of pyridine rings is 1. The highest BCUT2D eigenvalue weighted by Gasteiger charge is 2.30. The molecule has 0 aliphatic carbocycles. The third-order valence-corrected chi connectivity index (χ3v) is 6.24. The molecule has 0 N–H and O–H groups in total. The number of anilines is 1. The monoisotopic (exact) mass is 344 g/mol. The molecule has 1 aliphatic heterocycles. The Morgan fingerprint density at radius 3 is 2.42 bits per heavy atom. The highest BCUT2D eigenvalue weighted by Crippen LogP contribution is 2.34. The molecule has 1 aromatic carbocycles. The van der Waals surface area contributed by atoms with Gasteiger partial charge in [0.15, 0.2) is 0 Å². The van der Waals surface area contributed by atoms with Crippen molar-refractivity contribution in [3.63, 3.8) is 0 Å². The Bertz CT molecular complexity index is 850. The first-order chi connectivity index (χ1) is 11.2. The van der Waals surface area contributed by atoms with Crippen LogP contribution in [0, 0.1) is 6.92 Å². The quantitative estimate of drug-likeness (QED) is 0.832. The summed E-state index contributed by atoms with van der Waals surface area (Å²) in [4.78, 5) is 4.89. The number of hydrogen-bond donors (Lipinski definition) is 0. The van der Waals surface area contributed by atoms with Crippen molar-refractivity contribution in [3.05, 3.63) is 53.3 Å². The van der Waals surface area contributed by atoms with Crippen molar-refractivity contribution in [2.75, 3.05) is 10.8 Å². The van der Waals surface area contributed by atoms with Crippen LogP contribution in [0.2, 0.25) is 0 Å². The van der Waals surface area contributed by atoms with Crippen LogP contribution in [0.25, 0.3) is 0 Å². The third kappa shape index (κ3) is 3.05. The van der Waals surface area contributed by atoms with Crippen LogP contribution in [-0.2, 0) is 21.9 Å². The van der Waals surface area contributed by atoms with Crippen LogP contribution in [0.3, 0.4) is 0 Å². The van der Waals surface area contributed by atoms with E-state index < -0.39 is 10.0 Å². The fraction of sp³-hybridized carbons (Fsp3) is 0.421. The largest absolute Gasteiger partial charge is 0.266 e. The van der Waals surface area contributed by atoms with Crippen molar-refractivity contribution >= 4 is 15.7 Å². The lowest BCUT2D eigenvalue weighted by atomic mass is 9.90. The summed E-state index contributed by atoms with van der Waals surface area (Å²) in [7, 11) is -3.55. The molecule has 0 fully saturated rings. The summed E-state index contributed by atoms with van der Waals surface area (Å²) in [5.74, 6) is 0. The average molecular weight is 344 g/mol. The topological polar surface area (TPSA) is 50.3 Å². The van der Waals surface area contributed by atoms with E-state index >= 15 is 0 Å². The first kappa shape index (κ1) is 17.0. The Morgan fingerprint density at radius 2 is 1.79 bits per heavy atom. The van der Waals surface area contributed by atoms with Crippen molar-refractivity contribution in [3.8, 4) is 0 Å². The number of rotatable bonds is 2. The smallest absolute Gasteiger partial charge is 0.264 e. The van der Waals surface area contributed by atoms with E-state index in [4.69, 9.17) is 0 Å². The summed E-state index contributed by atoms with van der Waals surface area (Å²) in [6, 6.07) is 8.99. The molecule has 2 heterocycles. The number of aromatic nitrogens is 1. The van der Waals surface area contributed by atoms with Crippen molar-refractivity contribution in [1.29, 1.82) is 0 Å². The van der Waals surface area contributed by atoms with Gasteiger partial charge in [0.05, 0.1) is 10.6 Å². The minimum absolute atomic E-state index is 0.119. The SMILES string of the molecule is Cc1ccc(S(=O)(=O)N2CCCc3cnc(C(C)(C)C)cc32)cc1. The fourth-order valence-electron chi connectivity index (χ4n) is 2.93. The number of aryl methyl sites for hydroxylation is 2. The molecular formula is C19H24N2O2S. The molecule has 2 aromatic rings. The normalized spacial score (nSPS) is 15.2. The number of benzene rings is 1. The molecule has 0 spiro atoms. The van der Waals surface area contributed by atoms with E-state index in [1.54, 1.807) is 16.4 Å². The van der Waals surface area contributed by atoms with Crippen LogP contribution in [-0.4, -0.2) is 19.9 Å². The summed E-state index contributed by atoms with van der Waals surface area (Å²) in [5, 5.41) is 0. The summed E-state index contributed by atoms with van der Waals surface area (Å²) in [5.41, 5.74) is 3.62. The van der Waals surface area contributed by atoms with Crippen LogP contribution < -0.4 is 4.31 Å². The van der Waals surface area contributed by atoms with E-state index in [9.17, 15) is 8.42 Å². The van der Waals surface area contributed by atoms with Gasteiger partial charge in [-0.05, 0) is 43.5 Å². The minimum atomic E-state index is -3.55. The molecule has 1 aliphatic rings. The molecule has 0 unspecified atom stereocenters. The van der Waals surface area contributed by atoms with Gasteiger partial charge >= 0.3 is 0 Å². The molecule has 0 radical (unpaired) electrons. The van der Waals surface area contributed by atoms with Gasteiger partial charge in [-0.15, -0.1) is 0 Å². The van der Waals surface area contributed by atoms with Crippen LogP contribution >= 0.6 is 0 Å². The van der Waals surface area contributed by atoms with Gasteiger partial charge in [-0.25, -0.2) is 8.42 Å². The summed E-state index contributed by atoms with van der Waals surface area (Å²) < 4.78 is 27.8. The third-order valence-electron chi connectivity index (χ3n) is 4.42. The predicted octanol–water partition coefficient (Wildman–Crippen LogP) is 3.83. The zero-order valence-corrected chi connectivity index (χ0v) is 15.5. The standard InChI is InChI=1S/C19H24N2O2S/c1-14-7-9-16(10-8-14)24(22,23)21-11-5-6-15-13-20-18(12-17(15)21)19(2,3)4/h7-10,12-13H,5-6,11H2,1-4H3. The van der Waals surface area contributed by atoms with Crippen LogP contribution in [0.15, 0.2) is 41.4 Å². The van der Waals surface area contributed by atoms with Crippen molar-refractivity contribution in [1.82, 2.24) is 4.98 Å². The van der Waals surface area contributed by atoms with Crippen molar-refractivity contribution < 1.29 is 8.42 Å². The first-order valence-corrected chi connectivity index (χ1v) is 9.72. The summed E-state index contributed by atoms with van der Waals surface area (Å²) >= 11 is 0. The summed E-state index contributed by atoms with van der Waals surface area (Å²) in [6.45, 7) is 8.72. The second-order valence-corrected chi connectivity index (χ2v) is 9.30. The molecule has 0 atom stereocenters. The van der Waals surface area contributed by atoms with E-state index in [-0.39, 0.29) is 5.41 Å². The molecule has 4 nitrogen and oxygen atoms in total. The van der Waals surface area contributed by atoms with E-state index in [0.717, 1.165) is 35.3 Å². The highest BCUT2D eigenvalue weighted by atomic mass is 32.2. The highest BCUT2D eigenvalue weighted by molar-refractivity contribution is 7.92. The number of fused-ring (bicyclic) bond motifs is 1. The fourth-order valence-corrected chi connectivity index (χ4v) is 4.46. The van der Waals surface area contributed by atoms with Crippen LogP contribution in [0.1, 0.15) is 44.0 Å². The molecule has 3 rings (SSSR count). The maximum absolute atomic E-state index is 13.1. The average Bonchev–Trinajstić information content (AvgIpc) is 2.53. The molecule has 1 aromatic heterocycles. The Labute approximate surface area is 144 Å². The van der Waals surface area contributed by atoms with Gasteiger partial charge < -0.3 is 0 Å².